The summed E-state index contributed by atoms with van der Waals surface area (Å²) >= 11 is 5.61. The fourth-order valence-electron chi connectivity index (χ4n) is 1.65. The second kappa shape index (κ2) is 6.21. The highest BCUT2D eigenvalue weighted by Crippen LogP contribution is 2.16. The molecule has 0 saturated heterocycles. The predicted molar refractivity (Wildman–Crippen MR) is 76.2 cm³/mol. The lowest BCUT2D eigenvalue weighted by atomic mass is 10.1. The molecule has 0 radical (unpaired) electrons. The minimum atomic E-state index is -3.61. The summed E-state index contributed by atoms with van der Waals surface area (Å²) in [6, 6.07) is 9.60. The highest BCUT2D eigenvalue weighted by atomic mass is 35.5. The number of phenolic OH excluding ortho intramolecular Hbond substituents is 1. The van der Waals surface area contributed by atoms with Crippen molar-refractivity contribution in [1.29, 1.82) is 0 Å². The van der Waals surface area contributed by atoms with Crippen LogP contribution in [0, 0.1) is 0 Å². The summed E-state index contributed by atoms with van der Waals surface area (Å²) in [6.07, 6.45) is 1.59. The quantitative estimate of drug-likeness (QED) is 0.827. The molecule has 20 heavy (non-hydrogen) atoms. The Balaban J connectivity index is 2.00. The molecule has 2 N–H and O–H groups in total. The molecule has 7 heteroatoms. The molecular weight excluding hydrogens is 300 g/mol. The standard InChI is InChI=1S/C13H13ClN2O3S/c14-13-6-5-11(9-15-13)20(18,19)16-8-7-10-3-1-2-4-12(10)17/h1-6,9,16-17H,7-8H2. The van der Waals surface area contributed by atoms with Crippen molar-refractivity contribution in [3.63, 3.8) is 0 Å². The smallest absolute Gasteiger partial charge is 0.242 e. The number of pyridine rings is 1. The van der Waals surface area contributed by atoms with Gasteiger partial charge in [-0.2, -0.15) is 0 Å². The minimum Gasteiger partial charge on any atom is -0.508 e. The molecule has 1 aromatic heterocycles. The number of rotatable bonds is 5. The molecule has 0 saturated carbocycles. The average Bonchev–Trinajstić information content (AvgIpc) is 2.41. The summed E-state index contributed by atoms with van der Waals surface area (Å²) in [5, 5.41) is 9.82. The van der Waals surface area contributed by atoms with Crippen LogP contribution in [0.25, 0.3) is 0 Å². The molecular formula is C13H13ClN2O3S. The van der Waals surface area contributed by atoms with Gasteiger partial charge in [0.05, 0.1) is 0 Å². The van der Waals surface area contributed by atoms with Crippen molar-refractivity contribution < 1.29 is 13.5 Å². The normalized spacial score (nSPS) is 11.4. The van der Waals surface area contributed by atoms with Gasteiger partial charge in [0.15, 0.2) is 0 Å². The molecule has 0 spiro atoms. The van der Waals surface area contributed by atoms with E-state index in [4.69, 9.17) is 11.6 Å². The molecule has 1 aromatic carbocycles. The van der Waals surface area contributed by atoms with Crippen LogP contribution < -0.4 is 4.72 Å². The van der Waals surface area contributed by atoms with E-state index in [1.165, 1.54) is 18.3 Å². The van der Waals surface area contributed by atoms with E-state index in [0.29, 0.717) is 12.0 Å². The van der Waals surface area contributed by atoms with Crippen molar-refractivity contribution in [2.24, 2.45) is 0 Å². The summed E-state index contributed by atoms with van der Waals surface area (Å²) in [7, 11) is -3.61. The molecule has 0 bridgehead atoms. The van der Waals surface area contributed by atoms with Crippen molar-refractivity contribution in [2.45, 2.75) is 11.3 Å². The van der Waals surface area contributed by atoms with E-state index in [0.717, 1.165) is 0 Å². The maximum atomic E-state index is 12.0. The van der Waals surface area contributed by atoms with Gasteiger partial charge in [-0.25, -0.2) is 18.1 Å². The van der Waals surface area contributed by atoms with Gasteiger partial charge in [0.2, 0.25) is 10.0 Å². The Labute approximate surface area is 122 Å². The van der Waals surface area contributed by atoms with Crippen molar-refractivity contribution in [3.05, 3.63) is 53.3 Å². The van der Waals surface area contributed by atoms with E-state index in [1.807, 2.05) is 0 Å². The zero-order valence-corrected chi connectivity index (χ0v) is 12.0. The van der Waals surface area contributed by atoms with Crippen LogP contribution in [0.5, 0.6) is 5.75 Å². The lowest BCUT2D eigenvalue weighted by Crippen LogP contribution is -2.26. The number of nitrogens with one attached hydrogen (secondary N) is 1. The molecule has 106 valence electrons. The van der Waals surface area contributed by atoms with Gasteiger partial charge in [-0.3, -0.25) is 0 Å². The molecule has 1 heterocycles. The van der Waals surface area contributed by atoms with Crippen LogP contribution in [0.15, 0.2) is 47.5 Å². The van der Waals surface area contributed by atoms with E-state index < -0.39 is 10.0 Å². The molecule has 0 atom stereocenters. The Hall–Kier alpha value is -1.63. The summed E-state index contributed by atoms with van der Waals surface area (Å²) in [5.41, 5.74) is 0.685. The molecule has 0 aliphatic carbocycles. The summed E-state index contributed by atoms with van der Waals surface area (Å²) in [6.45, 7) is 0.183. The predicted octanol–water partition coefficient (Wildman–Crippen LogP) is 1.96. The number of para-hydroxylation sites is 1. The molecule has 0 fully saturated rings. The lowest BCUT2D eigenvalue weighted by molar-refractivity contribution is 0.467. The molecule has 0 aliphatic heterocycles. The number of hydrogen-bond acceptors (Lipinski definition) is 4. The van der Waals surface area contributed by atoms with Gasteiger partial charge in [-0.15, -0.1) is 0 Å². The average molecular weight is 313 g/mol. The monoisotopic (exact) mass is 312 g/mol. The SMILES string of the molecule is O=S(=O)(NCCc1ccccc1O)c1ccc(Cl)nc1. The second-order valence-electron chi connectivity index (χ2n) is 4.09. The molecule has 0 aliphatic rings. The van der Waals surface area contributed by atoms with Crippen LogP contribution >= 0.6 is 11.6 Å². The number of phenols is 1. The lowest BCUT2D eigenvalue weighted by Gasteiger charge is -2.07. The maximum Gasteiger partial charge on any atom is 0.242 e. The Morgan fingerprint density at radius 2 is 1.95 bits per heavy atom. The van der Waals surface area contributed by atoms with Crippen LogP contribution in [0.3, 0.4) is 0 Å². The Kier molecular flexibility index (Phi) is 4.59. The van der Waals surface area contributed by atoms with E-state index >= 15 is 0 Å². The van der Waals surface area contributed by atoms with Gasteiger partial charge in [0.25, 0.3) is 0 Å². The number of halogens is 1. The number of hydrogen-bond donors (Lipinski definition) is 2. The first-order valence-corrected chi connectivity index (χ1v) is 7.73. The van der Waals surface area contributed by atoms with Gasteiger partial charge < -0.3 is 5.11 Å². The number of benzene rings is 1. The highest BCUT2D eigenvalue weighted by molar-refractivity contribution is 7.89. The Morgan fingerprint density at radius 3 is 2.60 bits per heavy atom. The first-order chi connectivity index (χ1) is 9.49. The van der Waals surface area contributed by atoms with E-state index in [1.54, 1.807) is 24.3 Å². The summed E-state index contributed by atoms with van der Waals surface area (Å²) in [4.78, 5) is 3.79. The number of aromatic nitrogens is 1. The van der Waals surface area contributed by atoms with Crippen molar-refractivity contribution in [2.75, 3.05) is 6.54 Å². The van der Waals surface area contributed by atoms with Crippen molar-refractivity contribution in [3.8, 4) is 5.75 Å². The molecule has 0 amide bonds. The fourth-order valence-corrected chi connectivity index (χ4v) is 2.73. The van der Waals surface area contributed by atoms with Crippen LogP contribution in [0.2, 0.25) is 5.15 Å². The Bertz CT molecular complexity index is 687. The summed E-state index contributed by atoms with van der Waals surface area (Å²) in [5.74, 6) is 0.153. The highest BCUT2D eigenvalue weighted by Gasteiger charge is 2.13. The van der Waals surface area contributed by atoms with E-state index in [2.05, 4.69) is 9.71 Å². The molecule has 0 unspecified atom stereocenters. The Morgan fingerprint density at radius 1 is 1.20 bits per heavy atom. The zero-order valence-electron chi connectivity index (χ0n) is 10.5. The van der Waals surface area contributed by atoms with Gasteiger partial charge in [0.1, 0.15) is 15.8 Å². The van der Waals surface area contributed by atoms with E-state index in [9.17, 15) is 13.5 Å². The second-order valence-corrected chi connectivity index (χ2v) is 6.25. The third kappa shape index (κ3) is 3.69. The van der Waals surface area contributed by atoms with Crippen molar-refractivity contribution in [1.82, 2.24) is 9.71 Å². The van der Waals surface area contributed by atoms with Crippen LogP contribution in [0.1, 0.15) is 5.56 Å². The largest absolute Gasteiger partial charge is 0.508 e. The first-order valence-electron chi connectivity index (χ1n) is 5.87. The van der Waals surface area contributed by atoms with Crippen molar-refractivity contribution >= 4 is 21.6 Å². The van der Waals surface area contributed by atoms with Crippen LogP contribution in [0.4, 0.5) is 0 Å². The molecule has 2 rings (SSSR count). The zero-order chi connectivity index (χ0) is 14.6. The summed E-state index contributed by atoms with van der Waals surface area (Å²) < 4.78 is 26.4. The van der Waals surface area contributed by atoms with Gasteiger partial charge in [-0.05, 0) is 30.2 Å². The van der Waals surface area contributed by atoms with Crippen LogP contribution in [-0.2, 0) is 16.4 Å². The van der Waals surface area contributed by atoms with Gasteiger partial charge in [0, 0.05) is 12.7 Å². The minimum absolute atomic E-state index is 0.0548. The number of aromatic hydroxyl groups is 1. The molecule has 2 aromatic rings. The number of sulfonamides is 1. The fraction of sp³-hybridized carbons (Fsp3) is 0.154. The van der Waals surface area contributed by atoms with Gasteiger partial charge >= 0.3 is 0 Å². The topological polar surface area (TPSA) is 79.3 Å². The van der Waals surface area contributed by atoms with E-state index in [-0.39, 0.29) is 22.3 Å². The number of nitrogens with zero attached hydrogens (tertiary/aromatic N) is 1. The maximum absolute atomic E-state index is 12.0. The molecule has 5 nitrogen and oxygen atoms in total. The third-order valence-corrected chi connectivity index (χ3v) is 4.36. The third-order valence-electron chi connectivity index (χ3n) is 2.69. The van der Waals surface area contributed by atoms with Crippen LogP contribution in [-0.4, -0.2) is 25.1 Å². The van der Waals surface area contributed by atoms with Gasteiger partial charge in [-0.1, -0.05) is 29.8 Å². The first kappa shape index (κ1) is 14.8.